The minimum Gasteiger partial charge on any atom is -0.393 e. The molecule has 3 heteroatoms. The Labute approximate surface area is 196 Å². The van der Waals surface area contributed by atoms with Gasteiger partial charge in [0.25, 0.3) is 0 Å². The van der Waals surface area contributed by atoms with Crippen LogP contribution in [0.5, 0.6) is 0 Å². The zero-order valence-corrected chi connectivity index (χ0v) is 21.5. The molecule has 10 atom stereocenters. The molecule has 0 aromatic heterocycles. The molecule has 1 aliphatic heterocycles. The Morgan fingerprint density at radius 1 is 1.03 bits per heavy atom. The van der Waals surface area contributed by atoms with Crippen molar-refractivity contribution < 1.29 is 14.9 Å². The number of rotatable bonds is 6. The van der Waals surface area contributed by atoms with Gasteiger partial charge in [-0.3, -0.25) is 0 Å². The highest BCUT2D eigenvalue weighted by Crippen LogP contribution is 2.72. The van der Waals surface area contributed by atoms with Crippen LogP contribution in [0.3, 0.4) is 0 Å². The van der Waals surface area contributed by atoms with Crippen molar-refractivity contribution in [3.05, 3.63) is 11.1 Å². The van der Waals surface area contributed by atoms with Gasteiger partial charge >= 0.3 is 0 Å². The number of epoxide rings is 1. The number of allylic oxidation sites excluding steroid dienone is 1. The van der Waals surface area contributed by atoms with Crippen LogP contribution in [0.2, 0.25) is 0 Å². The monoisotopic (exact) mass is 444 g/mol. The van der Waals surface area contributed by atoms with E-state index >= 15 is 0 Å². The Balaban J connectivity index is 1.41. The summed E-state index contributed by atoms with van der Waals surface area (Å²) in [6, 6.07) is 0. The number of hydrogen-bond donors (Lipinski definition) is 2. The second kappa shape index (κ2) is 7.82. The van der Waals surface area contributed by atoms with Crippen molar-refractivity contribution in [2.75, 3.05) is 0 Å². The molecule has 0 amide bonds. The Morgan fingerprint density at radius 2 is 1.78 bits per heavy atom. The van der Waals surface area contributed by atoms with Gasteiger partial charge in [0.1, 0.15) is 17.8 Å². The van der Waals surface area contributed by atoms with Crippen LogP contribution in [0.25, 0.3) is 0 Å². The summed E-state index contributed by atoms with van der Waals surface area (Å²) in [4.78, 5) is 0. The molecule has 5 rings (SSSR count). The average molecular weight is 445 g/mol. The maximum atomic E-state index is 11.5. The van der Waals surface area contributed by atoms with E-state index in [4.69, 9.17) is 4.74 Å². The van der Waals surface area contributed by atoms with Crippen LogP contribution >= 0.6 is 0 Å². The van der Waals surface area contributed by atoms with Gasteiger partial charge in [-0.1, -0.05) is 60.0 Å². The molecule has 32 heavy (non-hydrogen) atoms. The van der Waals surface area contributed by atoms with Gasteiger partial charge in [0.2, 0.25) is 0 Å². The fourth-order valence-corrected chi connectivity index (χ4v) is 9.53. The summed E-state index contributed by atoms with van der Waals surface area (Å²) in [5.74, 6) is 3.56. The molecular formula is C29H48O3. The lowest BCUT2D eigenvalue weighted by molar-refractivity contribution is -0.0516. The minimum absolute atomic E-state index is 0.0785. The van der Waals surface area contributed by atoms with Crippen LogP contribution in [0.15, 0.2) is 11.1 Å². The van der Waals surface area contributed by atoms with E-state index in [1.165, 1.54) is 50.5 Å². The molecule has 0 radical (unpaired) electrons. The standard InChI is InChI=1S/C29H48O3/c1-7-19(17(2)3)9-8-18(4)21-10-11-22-24-23(13-14-27(21,22)5)28(6)15-12-20(30)16-29(28)26(32-29)25(24)31/h17-21,23,25-26,30-31H,7-16H2,1-6H3/t18?,19-,20+,21-,23+,25+,26+,27-,28-,29?/m1/s1. The molecule has 1 saturated heterocycles. The molecule has 4 aliphatic carbocycles. The van der Waals surface area contributed by atoms with Crippen molar-refractivity contribution in [3.8, 4) is 0 Å². The molecule has 3 saturated carbocycles. The van der Waals surface area contributed by atoms with Crippen molar-refractivity contribution >= 4 is 0 Å². The minimum atomic E-state index is -0.451. The second-order valence-electron chi connectivity index (χ2n) is 13.2. The first-order chi connectivity index (χ1) is 15.1. The first-order valence-corrected chi connectivity index (χ1v) is 13.9. The van der Waals surface area contributed by atoms with E-state index in [0.717, 1.165) is 42.9 Å². The lowest BCUT2D eigenvalue weighted by atomic mass is 9.48. The van der Waals surface area contributed by atoms with E-state index in [2.05, 4.69) is 41.5 Å². The lowest BCUT2D eigenvalue weighted by Gasteiger charge is -2.56. The van der Waals surface area contributed by atoms with E-state index in [-0.39, 0.29) is 28.6 Å². The molecule has 0 aromatic carbocycles. The number of aliphatic hydroxyl groups is 2. The molecule has 2 N–H and O–H groups in total. The summed E-state index contributed by atoms with van der Waals surface area (Å²) < 4.78 is 6.36. The fraction of sp³-hybridized carbons (Fsp3) is 0.931. The van der Waals surface area contributed by atoms with Gasteiger partial charge in [-0.25, -0.2) is 0 Å². The Hall–Kier alpha value is -0.380. The van der Waals surface area contributed by atoms with Gasteiger partial charge in [0, 0.05) is 11.8 Å². The van der Waals surface area contributed by atoms with Crippen LogP contribution in [-0.4, -0.2) is 34.1 Å². The van der Waals surface area contributed by atoms with Crippen LogP contribution in [0.1, 0.15) is 106 Å². The van der Waals surface area contributed by atoms with Crippen molar-refractivity contribution in [1.29, 1.82) is 0 Å². The largest absolute Gasteiger partial charge is 0.393 e. The maximum Gasteiger partial charge on any atom is 0.118 e. The van der Waals surface area contributed by atoms with E-state index in [1.807, 2.05) is 0 Å². The molecule has 1 heterocycles. The normalized spacial score (nSPS) is 49.2. The number of ether oxygens (including phenoxy) is 1. The van der Waals surface area contributed by atoms with E-state index in [0.29, 0.717) is 5.92 Å². The first kappa shape index (κ1) is 23.4. The number of fused-ring (bicyclic) bond motifs is 3. The van der Waals surface area contributed by atoms with Gasteiger partial charge < -0.3 is 14.9 Å². The third-order valence-corrected chi connectivity index (χ3v) is 11.7. The van der Waals surface area contributed by atoms with Crippen LogP contribution in [-0.2, 0) is 4.74 Å². The summed E-state index contributed by atoms with van der Waals surface area (Å²) in [5.41, 5.74) is 3.06. The van der Waals surface area contributed by atoms with Gasteiger partial charge in [-0.15, -0.1) is 0 Å². The summed E-state index contributed by atoms with van der Waals surface area (Å²) in [6.07, 6.45) is 10.7. The van der Waals surface area contributed by atoms with Crippen molar-refractivity contribution in [3.63, 3.8) is 0 Å². The zero-order valence-electron chi connectivity index (χ0n) is 21.5. The molecule has 5 aliphatic rings. The van der Waals surface area contributed by atoms with Gasteiger partial charge in [0.15, 0.2) is 0 Å². The van der Waals surface area contributed by atoms with Crippen LogP contribution in [0, 0.1) is 40.4 Å². The maximum absolute atomic E-state index is 11.5. The molecule has 0 bridgehead atoms. The summed E-state index contributed by atoms with van der Waals surface area (Å²) >= 11 is 0. The van der Waals surface area contributed by atoms with E-state index < -0.39 is 6.10 Å². The molecule has 182 valence electrons. The molecular weight excluding hydrogens is 396 g/mol. The zero-order chi connectivity index (χ0) is 23.1. The third kappa shape index (κ3) is 3.09. The van der Waals surface area contributed by atoms with Gasteiger partial charge in [-0.2, -0.15) is 0 Å². The quantitative estimate of drug-likeness (QED) is 0.375. The SMILES string of the molecule is CC[C@H](CCC(C)[C@H]1CCC2=C3[C@H](O)[C@@H]4OC45C[C@@H](O)CC[C@]5(C)[C@H]3CC[C@@]21C)C(C)C. The number of hydrogen-bond acceptors (Lipinski definition) is 3. The highest BCUT2D eigenvalue weighted by molar-refractivity contribution is 5.43. The topological polar surface area (TPSA) is 53.0 Å². The number of aliphatic hydroxyl groups excluding tert-OH is 2. The summed E-state index contributed by atoms with van der Waals surface area (Å²) in [7, 11) is 0. The smallest absolute Gasteiger partial charge is 0.118 e. The van der Waals surface area contributed by atoms with Gasteiger partial charge in [0.05, 0.1) is 6.10 Å². The summed E-state index contributed by atoms with van der Waals surface area (Å²) in [5, 5.41) is 21.9. The van der Waals surface area contributed by atoms with Crippen molar-refractivity contribution in [1.82, 2.24) is 0 Å². The Morgan fingerprint density at radius 3 is 2.47 bits per heavy atom. The van der Waals surface area contributed by atoms with Crippen molar-refractivity contribution in [2.24, 2.45) is 40.4 Å². The molecule has 4 fully saturated rings. The molecule has 3 nitrogen and oxygen atoms in total. The summed E-state index contributed by atoms with van der Waals surface area (Å²) in [6.45, 7) is 14.6. The van der Waals surface area contributed by atoms with E-state index in [1.54, 1.807) is 5.57 Å². The van der Waals surface area contributed by atoms with Crippen LogP contribution in [0.4, 0.5) is 0 Å². The first-order valence-electron chi connectivity index (χ1n) is 13.9. The highest BCUT2D eigenvalue weighted by Gasteiger charge is 2.77. The third-order valence-electron chi connectivity index (χ3n) is 11.7. The predicted molar refractivity (Wildman–Crippen MR) is 129 cm³/mol. The predicted octanol–water partition coefficient (Wildman–Crippen LogP) is 6.27. The lowest BCUT2D eigenvalue weighted by Crippen LogP contribution is -2.57. The fourth-order valence-electron chi connectivity index (χ4n) is 9.53. The van der Waals surface area contributed by atoms with Gasteiger partial charge in [-0.05, 0) is 85.5 Å². The van der Waals surface area contributed by atoms with Crippen LogP contribution < -0.4 is 0 Å². The van der Waals surface area contributed by atoms with E-state index in [9.17, 15) is 10.2 Å². The Kier molecular flexibility index (Phi) is 5.71. The average Bonchev–Trinajstić information content (AvgIpc) is 3.36. The van der Waals surface area contributed by atoms with Crippen molar-refractivity contribution in [2.45, 2.75) is 130 Å². The highest BCUT2D eigenvalue weighted by atomic mass is 16.6. The molecule has 2 unspecified atom stereocenters. The second-order valence-corrected chi connectivity index (χ2v) is 13.2. The Bertz CT molecular complexity index is 772. The molecule has 0 aromatic rings. The molecule has 1 spiro atoms.